The number of carbonyl (C=O) groups is 1. The van der Waals surface area contributed by atoms with Crippen LogP contribution in [0.25, 0.3) is 0 Å². The van der Waals surface area contributed by atoms with Gasteiger partial charge in [0.1, 0.15) is 5.82 Å². The van der Waals surface area contributed by atoms with Crippen molar-refractivity contribution in [2.24, 2.45) is 11.3 Å². The number of aromatic nitrogens is 2. The van der Waals surface area contributed by atoms with E-state index in [4.69, 9.17) is 9.57 Å². The fraction of sp³-hybridized carbons (Fsp3) is 0.778. The summed E-state index contributed by atoms with van der Waals surface area (Å²) in [6.07, 6.45) is 6.61. The fourth-order valence-corrected chi connectivity index (χ4v) is 3.40. The van der Waals surface area contributed by atoms with Gasteiger partial charge < -0.3 is 14.2 Å². The minimum atomic E-state index is -0.213. The second-order valence-electron chi connectivity index (χ2n) is 8.08. The molecule has 2 aliphatic rings. The number of imidazole rings is 1. The summed E-state index contributed by atoms with van der Waals surface area (Å²) in [5.74, 6) is 1.74. The van der Waals surface area contributed by atoms with Crippen molar-refractivity contribution in [2.75, 3.05) is 19.8 Å². The molecule has 1 saturated carbocycles. The van der Waals surface area contributed by atoms with Crippen LogP contribution in [0.3, 0.4) is 0 Å². The SMILES string of the molecule is CC(C)OCCONC(=O)N1CC(C)(C)C1c1nccn1CC1CC1. The molecule has 2 heterocycles. The first-order valence-electron chi connectivity index (χ1n) is 9.19. The lowest BCUT2D eigenvalue weighted by molar-refractivity contribution is -0.0540. The first kappa shape index (κ1) is 18.2. The van der Waals surface area contributed by atoms with E-state index in [1.54, 1.807) is 4.90 Å². The topological polar surface area (TPSA) is 68.6 Å². The first-order chi connectivity index (χ1) is 11.9. The first-order valence-corrected chi connectivity index (χ1v) is 9.19. The third-order valence-corrected chi connectivity index (χ3v) is 4.83. The molecule has 0 radical (unpaired) electrons. The molecule has 3 rings (SSSR count). The predicted molar refractivity (Wildman–Crippen MR) is 93.8 cm³/mol. The molecular formula is C18H30N4O3. The van der Waals surface area contributed by atoms with Gasteiger partial charge in [0.2, 0.25) is 0 Å². The molecule has 1 unspecified atom stereocenters. The van der Waals surface area contributed by atoms with Crippen molar-refractivity contribution in [2.45, 2.75) is 59.2 Å². The zero-order valence-electron chi connectivity index (χ0n) is 15.7. The average Bonchev–Trinajstić information content (AvgIpc) is 3.24. The Morgan fingerprint density at radius 2 is 2.16 bits per heavy atom. The van der Waals surface area contributed by atoms with Crippen LogP contribution in [0.1, 0.15) is 52.4 Å². The number of hydrogen-bond acceptors (Lipinski definition) is 4. The second-order valence-corrected chi connectivity index (χ2v) is 8.08. The van der Waals surface area contributed by atoms with Crippen molar-refractivity contribution in [3.63, 3.8) is 0 Å². The van der Waals surface area contributed by atoms with Crippen LogP contribution in [0.2, 0.25) is 0 Å². The monoisotopic (exact) mass is 350 g/mol. The second kappa shape index (κ2) is 7.33. The molecule has 1 aliphatic heterocycles. The minimum absolute atomic E-state index is 0.00471. The van der Waals surface area contributed by atoms with Gasteiger partial charge in [0.05, 0.1) is 25.4 Å². The number of likely N-dealkylation sites (tertiary alicyclic amines) is 1. The van der Waals surface area contributed by atoms with Gasteiger partial charge in [-0.05, 0) is 32.6 Å². The quantitative estimate of drug-likeness (QED) is 0.578. The summed E-state index contributed by atoms with van der Waals surface area (Å²) in [5, 5.41) is 0. The van der Waals surface area contributed by atoms with Gasteiger partial charge in [0.15, 0.2) is 0 Å². The summed E-state index contributed by atoms with van der Waals surface area (Å²) in [7, 11) is 0. The normalized spacial score (nSPS) is 22.1. The number of hydrogen-bond donors (Lipinski definition) is 1. The Balaban J connectivity index is 1.56. The average molecular weight is 350 g/mol. The molecule has 1 N–H and O–H groups in total. The van der Waals surface area contributed by atoms with Crippen LogP contribution >= 0.6 is 0 Å². The van der Waals surface area contributed by atoms with Gasteiger partial charge in [-0.25, -0.2) is 15.3 Å². The van der Waals surface area contributed by atoms with Crippen LogP contribution in [0.4, 0.5) is 4.79 Å². The van der Waals surface area contributed by atoms with Gasteiger partial charge in [0.25, 0.3) is 0 Å². The molecule has 1 aromatic heterocycles. The maximum Gasteiger partial charge on any atom is 0.341 e. The molecule has 140 valence electrons. The van der Waals surface area contributed by atoms with Gasteiger partial charge in [-0.2, -0.15) is 0 Å². The summed E-state index contributed by atoms with van der Waals surface area (Å²) in [6.45, 7) is 10.8. The Kier molecular flexibility index (Phi) is 5.34. The third kappa shape index (κ3) is 4.33. The van der Waals surface area contributed by atoms with Gasteiger partial charge in [0, 0.05) is 30.9 Å². The highest BCUT2D eigenvalue weighted by molar-refractivity contribution is 5.75. The van der Waals surface area contributed by atoms with Crippen LogP contribution in [-0.4, -0.2) is 46.3 Å². The smallest absolute Gasteiger partial charge is 0.341 e. The molecular weight excluding hydrogens is 320 g/mol. The highest BCUT2D eigenvalue weighted by atomic mass is 16.7. The Morgan fingerprint density at radius 1 is 1.40 bits per heavy atom. The highest BCUT2D eigenvalue weighted by Gasteiger charge is 2.51. The van der Waals surface area contributed by atoms with Gasteiger partial charge in [-0.15, -0.1) is 0 Å². The van der Waals surface area contributed by atoms with E-state index in [2.05, 4.69) is 28.9 Å². The third-order valence-electron chi connectivity index (χ3n) is 4.83. The number of carbonyl (C=O) groups excluding carboxylic acids is 1. The largest absolute Gasteiger partial charge is 0.376 e. The molecule has 0 aromatic carbocycles. The standard InChI is InChI=1S/C18H30N4O3/c1-13(2)24-9-10-25-20-17(23)22-12-18(3,4)15(22)16-19-7-8-21(16)11-14-5-6-14/h7-8,13-15H,5-6,9-12H2,1-4H3,(H,20,23). The van der Waals surface area contributed by atoms with E-state index >= 15 is 0 Å². The Hall–Kier alpha value is -1.60. The van der Waals surface area contributed by atoms with Crippen molar-refractivity contribution < 1.29 is 14.4 Å². The number of hydroxylamine groups is 1. The number of ether oxygens (including phenoxy) is 1. The Labute approximate surface area is 149 Å². The van der Waals surface area contributed by atoms with E-state index in [-0.39, 0.29) is 23.6 Å². The minimum Gasteiger partial charge on any atom is -0.376 e. The van der Waals surface area contributed by atoms with Crippen LogP contribution in [0, 0.1) is 11.3 Å². The maximum atomic E-state index is 12.5. The Bertz CT molecular complexity index is 595. The summed E-state index contributed by atoms with van der Waals surface area (Å²) in [6, 6.07) is -0.244. The van der Waals surface area contributed by atoms with Crippen LogP contribution in [0.15, 0.2) is 12.4 Å². The molecule has 7 nitrogen and oxygen atoms in total. The number of amides is 2. The lowest BCUT2D eigenvalue weighted by atomic mass is 9.74. The number of rotatable bonds is 8. The number of nitrogens with zero attached hydrogens (tertiary/aromatic N) is 3. The van der Waals surface area contributed by atoms with Crippen molar-refractivity contribution >= 4 is 6.03 Å². The van der Waals surface area contributed by atoms with Crippen LogP contribution in [0.5, 0.6) is 0 Å². The fourth-order valence-electron chi connectivity index (χ4n) is 3.40. The lowest BCUT2D eigenvalue weighted by Crippen LogP contribution is -2.61. The zero-order valence-corrected chi connectivity index (χ0v) is 15.7. The van der Waals surface area contributed by atoms with E-state index in [0.717, 1.165) is 18.3 Å². The summed E-state index contributed by atoms with van der Waals surface area (Å²) in [5.41, 5.74) is 2.54. The number of nitrogens with one attached hydrogen (secondary N) is 1. The number of urea groups is 1. The van der Waals surface area contributed by atoms with Gasteiger partial charge >= 0.3 is 6.03 Å². The molecule has 7 heteroatoms. The lowest BCUT2D eigenvalue weighted by Gasteiger charge is -2.53. The zero-order chi connectivity index (χ0) is 18.0. The van der Waals surface area contributed by atoms with Gasteiger partial charge in [-0.1, -0.05) is 13.8 Å². The molecule has 1 atom stereocenters. The molecule has 1 saturated heterocycles. The van der Waals surface area contributed by atoms with E-state index in [1.165, 1.54) is 12.8 Å². The van der Waals surface area contributed by atoms with Crippen molar-refractivity contribution in [3.05, 3.63) is 18.2 Å². The van der Waals surface area contributed by atoms with E-state index < -0.39 is 0 Å². The predicted octanol–water partition coefficient (Wildman–Crippen LogP) is 2.74. The van der Waals surface area contributed by atoms with Crippen LogP contribution in [-0.2, 0) is 16.1 Å². The van der Waals surface area contributed by atoms with Crippen molar-refractivity contribution in [3.8, 4) is 0 Å². The van der Waals surface area contributed by atoms with Crippen molar-refractivity contribution in [1.29, 1.82) is 0 Å². The summed E-state index contributed by atoms with van der Waals surface area (Å²) in [4.78, 5) is 24.1. The van der Waals surface area contributed by atoms with E-state index in [9.17, 15) is 4.79 Å². The van der Waals surface area contributed by atoms with Crippen molar-refractivity contribution in [1.82, 2.24) is 19.9 Å². The molecule has 2 amide bonds. The molecule has 0 bridgehead atoms. The molecule has 25 heavy (non-hydrogen) atoms. The molecule has 1 aliphatic carbocycles. The summed E-state index contributed by atoms with van der Waals surface area (Å²) >= 11 is 0. The van der Waals surface area contributed by atoms with Crippen LogP contribution < -0.4 is 5.48 Å². The Morgan fingerprint density at radius 3 is 2.80 bits per heavy atom. The molecule has 0 spiro atoms. The molecule has 1 aromatic rings. The van der Waals surface area contributed by atoms with Gasteiger partial charge in [-0.3, -0.25) is 4.84 Å². The molecule has 2 fully saturated rings. The highest BCUT2D eigenvalue weighted by Crippen LogP contribution is 2.48. The maximum absolute atomic E-state index is 12.5. The van der Waals surface area contributed by atoms with E-state index in [0.29, 0.717) is 19.8 Å². The summed E-state index contributed by atoms with van der Waals surface area (Å²) < 4.78 is 7.60. The van der Waals surface area contributed by atoms with E-state index in [1.807, 2.05) is 26.2 Å².